The third kappa shape index (κ3) is 3.19. The Kier molecular flexibility index (Phi) is 5.22. The molecule has 1 aliphatic rings. The molecule has 0 radical (unpaired) electrons. The predicted molar refractivity (Wildman–Crippen MR) is 62.3 cm³/mol. The van der Waals surface area contributed by atoms with Gasteiger partial charge in [0.05, 0.1) is 6.61 Å². The molecule has 0 amide bonds. The molecule has 0 aromatic heterocycles. The lowest BCUT2D eigenvalue weighted by atomic mass is 10.0. The number of hydrogen-bond donors (Lipinski definition) is 2. The van der Waals surface area contributed by atoms with Crippen LogP contribution in [0.5, 0.6) is 0 Å². The first-order chi connectivity index (χ1) is 7.65. The van der Waals surface area contributed by atoms with Gasteiger partial charge in [-0.15, -0.1) is 0 Å². The summed E-state index contributed by atoms with van der Waals surface area (Å²) >= 11 is 0. The molecule has 0 aromatic rings. The first-order valence-electron chi connectivity index (χ1n) is 6.25. The molecule has 16 heavy (non-hydrogen) atoms. The lowest BCUT2D eigenvalue weighted by molar-refractivity contribution is -0.145. The van der Waals surface area contributed by atoms with Gasteiger partial charge in [0.2, 0.25) is 0 Å². The van der Waals surface area contributed by atoms with Crippen LogP contribution in [0, 0.1) is 5.92 Å². The van der Waals surface area contributed by atoms with Crippen LogP contribution in [0.25, 0.3) is 0 Å². The zero-order chi connectivity index (χ0) is 12.1. The minimum atomic E-state index is -0.733. The van der Waals surface area contributed by atoms with Crippen LogP contribution in [0.1, 0.15) is 39.5 Å². The number of aliphatic carboxylic acids is 1. The Morgan fingerprint density at radius 2 is 1.94 bits per heavy atom. The van der Waals surface area contributed by atoms with E-state index in [1.165, 1.54) is 0 Å². The fourth-order valence-corrected chi connectivity index (χ4v) is 2.45. The largest absolute Gasteiger partial charge is 0.480 e. The van der Waals surface area contributed by atoms with Crippen molar-refractivity contribution in [2.24, 2.45) is 5.92 Å². The summed E-state index contributed by atoms with van der Waals surface area (Å²) in [5.74, 6) is -0.438. The Morgan fingerprint density at radius 3 is 2.25 bits per heavy atom. The van der Waals surface area contributed by atoms with Crippen molar-refractivity contribution in [2.75, 3.05) is 13.2 Å². The van der Waals surface area contributed by atoms with Gasteiger partial charge in [0.1, 0.15) is 6.04 Å². The number of aliphatic hydroxyl groups is 1. The molecule has 0 heterocycles. The highest BCUT2D eigenvalue weighted by Gasteiger charge is 2.41. The fourth-order valence-electron chi connectivity index (χ4n) is 2.45. The van der Waals surface area contributed by atoms with Gasteiger partial charge in [0.25, 0.3) is 0 Å². The van der Waals surface area contributed by atoms with E-state index in [0.29, 0.717) is 12.5 Å². The molecule has 2 N–H and O–H groups in total. The maximum absolute atomic E-state index is 11.3. The van der Waals surface area contributed by atoms with E-state index in [9.17, 15) is 9.90 Å². The summed E-state index contributed by atoms with van der Waals surface area (Å²) in [6.07, 6.45) is 3.90. The number of aliphatic hydroxyl groups excluding tert-OH is 1. The Labute approximate surface area is 97.3 Å². The van der Waals surface area contributed by atoms with Gasteiger partial charge in [0.15, 0.2) is 0 Å². The van der Waals surface area contributed by atoms with E-state index in [0.717, 1.165) is 25.7 Å². The topological polar surface area (TPSA) is 60.8 Å². The summed E-state index contributed by atoms with van der Waals surface area (Å²) in [5.41, 5.74) is 0. The molecule has 4 nitrogen and oxygen atoms in total. The predicted octanol–water partition coefficient (Wildman–Crippen LogP) is 1.33. The fraction of sp³-hybridized carbons (Fsp3) is 0.917. The molecule has 1 fully saturated rings. The number of rotatable bonds is 8. The summed E-state index contributed by atoms with van der Waals surface area (Å²) in [5, 5.41) is 18.4. The summed E-state index contributed by atoms with van der Waals surface area (Å²) in [4.78, 5) is 13.3. The van der Waals surface area contributed by atoms with Crippen molar-refractivity contribution in [1.82, 2.24) is 4.90 Å². The van der Waals surface area contributed by atoms with Crippen LogP contribution < -0.4 is 0 Å². The summed E-state index contributed by atoms with van der Waals surface area (Å²) in [7, 11) is 0. The third-order valence-corrected chi connectivity index (χ3v) is 3.45. The first kappa shape index (κ1) is 13.5. The minimum Gasteiger partial charge on any atom is -0.480 e. The standard InChI is InChI=1S/C12H23NO3/c1-3-10(4-2)13(7-8-14)11(12(15)16)9-5-6-9/h9-11,14H,3-8H2,1-2H3,(H,15,16). The maximum atomic E-state index is 11.3. The Balaban J connectivity index is 2.75. The van der Waals surface area contributed by atoms with E-state index in [1.807, 2.05) is 4.90 Å². The molecule has 0 spiro atoms. The van der Waals surface area contributed by atoms with Gasteiger partial charge in [-0.1, -0.05) is 13.8 Å². The normalized spacial score (nSPS) is 18.1. The Bertz CT molecular complexity index is 224. The molecular formula is C12H23NO3. The first-order valence-corrected chi connectivity index (χ1v) is 6.25. The highest BCUT2D eigenvalue weighted by Crippen LogP contribution is 2.36. The van der Waals surface area contributed by atoms with E-state index >= 15 is 0 Å². The van der Waals surface area contributed by atoms with Gasteiger partial charge < -0.3 is 10.2 Å². The molecule has 0 saturated heterocycles. The Morgan fingerprint density at radius 1 is 1.38 bits per heavy atom. The van der Waals surface area contributed by atoms with Crippen LogP contribution in [0.3, 0.4) is 0 Å². The van der Waals surface area contributed by atoms with E-state index in [2.05, 4.69) is 13.8 Å². The van der Waals surface area contributed by atoms with Crippen molar-refractivity contribution in [1.29, 1.82) is 0 Å². The quantitative estimate of drug-likeness (QED) is 0.659. The monoisotopic (exact) mass is 229 g/mol. The third-order valence-electron chi connectivity index (χ3n) is 3.45. The van der Waals surface area contributed by atoms with Gasteiger partial charge in [0, 0.05) is 12.6 Å². The average molecular weight is 229 g/mol. The maximum Gasteiger partial charge on any atom is 0.321 e. The second-order valence-electron chi connectivity index (χ2n) is 4.55. The van der Waals surface area contributed by atoms with Gasteiger partial charge in [-0.2, -0.15) is 0 Å². The molecule has 0 aliphatic heterocycles. The molecule has 4 heteroatoms. The van der Waals surface area contributed by atoms with Crippen LogP contribution in [0.4, 0.5) is 0 Å². The van der Waals surface area contributed by atoms with E-state index in [4.69, 9.17) is 5.11 Å². The van der Waals surface area contributed by atoms with Gasteiger partial charge in [-0.25, -0.2) is 0 Å². The van der Waals surface area contributed by atoms with Crippen molar-refractivity contribution in [3.05, 3.63) is 0 Å². The number of carbonyl (C=O) groups is 1. The molecule has 1 rings (SSSR count). The number of carboxylic acid groups (broad SMARTS) is 1. The zero-order valence-corrected chi connectivity index (χ0v) is 10.2. The minimum absolute atomic E-state index is 0.0347. The highest BCUT2D eigenvalue weighted by atomic mass is 16.4. The number of nitrogens with zero attached hydrogens (tertiary/aromatic N) is 1. The summed E-state index contributed by atoms with van der Waals surface area (Å²) in [6, 6.07) is -0.120. The van der Waals surface area contributed by atoms with Crippen molar-refractivity contribution in [2.45, 2.75) is 51.6 Å². The lowest BCUT2D eigenvalue weighted by Crippen LogP contribution is -2.49. The smallest absolute Gasteiger partial charge is 0.321 e. The molecule has 1 aliphatic carbocycles. The Hall–Kier alpha value is -0.610. The molecule has 1 atom stereocenters. The van der Waals surface area contributed by atoms with Crippen LogP contribution in [0.2, 0.25) is 0 Å². The average Bonchev–Trinajstić information content (AvgIpc) is 3.04. The molecule has 94 valence electrons. The SMILES string of the molecule is CCC(CC)N(CCO)C(C(=O)O)C1CC1. The molecular weight excluding hydrogens is 206 g/mol. The van der Waals surface area contributed by atoms with Gasteiger partial charge in [-0.05, 0) is 31.6 Å². The van der Waals surface area contributed by atoms with E-state index in [1.54, 1.807) is 0 Å². The van der Waals surface area contributed by atoms with Gasteiger partial charge >= 0.3 is 5.97 Å². The van der Waals surface area contributed by atoms with Crippen LogP contribution in [-0.2, 0) is 4.79 Å². The molecule has 0 aromatic carbocycles. The van der Waals surface area contributed by atoms with E-state index in [-0.39, 0.29) is 12.6 Å². The molecule has 0 bridgehead atoms. The van der Waals surface area contributed by atoms with Crippen molar-refractivity contribution in [3.63, 3.8) is 0 Å². The molecule has 1 saturated carbocycles. The van der Waals surface area contributed by atoms with Crippen molar-refractivity contribution >= 4 is 5.97 Å². The number of carboxylic acids is 1. The lowest BCUT2D eigenvalue weighted by Gasteiger charge is -2.35. The van der Waals surface area contributed by atoms with Crippen molar-refractivity contribution < 1.29 is 15.0 Å². The van der Waals surface area contributed by atoms with Crippen molar-refractivity contribution in [3.8, 4) is 0 Å². The molecule has 1 unspecified atom stereocenters. The highest BCUT2D eigenvalue weighted by molar-refractivity contribution is 5.74. The zero-order valence-electron chi connectivity index (χ0n) is 10.2. The second-order valence-corrected chi connectivity index (χ2v) is 4.55. The van der Waals surface area contributed by atoms with Crippen LogP contribution in [0.15, 0.2) is 0 Å². The second kappa shape index (κ2) is 6.21. The van der Waals surface area contributed by atoms with Crippen LogP contribution in [-0.4, -0.2) is 46.3 Å². The van der Waals surface area contributed by atoms with E-state index < -0.39 is 12.0 Å². The van der Waals surface area contributed by atoms with Crippen LogP contribution >= 0.6 is 0 Å². The number of hydrogen-bond acceptors (Lipinski definition) is 3. The van der Waals surface area contributed by atoms with Gasteiger partial charge in [-0.3, -0.25) is 9.69 Å². The summed E-state index contributed by atoms with van der Waals surface area (Å²) in [6.45, 7) is 4.65. The summed E-state index contributed by atoms with van der Waals surface area (Å²) < 4.78 is 0.